The van der Waals surface area contributed by atoms with E-state index in [2.05, 4.69) is 46.9 Å². The van der Waals surface area contributed by atoms with Gasteiger partial charge in [0.05, 0.1) is 28.9 Å². The van der Waals surface area contributed by atoms with Crippen LogP contribution in [0.15, 0.2) is 60.4 Å². The van der Waals surface area contributed by atoms with Crippen molar-refractivity contribution in [1.82, 2.24) is 34.7 Å². The Bertz CT molecular complexity index is 1710. The van der Waals surface area contributed by atoms with Gasteiger partial charge in [0.25, 0.3) is 0 Å². The molecule has 208 valence electrons. The quantitative estimate of drug-likeness (QED) is 0.274. The number of imidazole rings is 1. The molecule has 0 radical (unpaired) electrons. The number of aromatic nitrogens is 5. The van der Waals surface area contributed by atoms with Crippen LogP contribution in [0.3, 0.4) is 0 Å². The van der Waals surface area contributed by atoms with Crippen molar-refractivity contribution in [2.24, 2.45) is 0 Å². The predicted octanol–water partition coefficient (Wildman–Crippen LogP) is 5.06. The fraction of sp³-hybridized carbons (Fsp3) is 0.323. The molecule has 1 aromatic carbocycles. The number of fused-ring (bicyclic) bond motifs is 2. The molecule has 1 N–H and O–H groups in total. The second-order valence-corrected chi connectivity index (χ2v) is 11.6. The van der Waals surface area contributed by atoms with Gasteiger partial charge in [-0.05, 0) is 56.6 Å². The molecule has 1 atom stereocenters. The van der Waals surface area contributed by atoms with Gasteiger partial charge in [0, 0.05) is 66.0 Å². The highest BCUT2D eigenvalue weighted by atomic mass is 32.1. The lowest BCUT2D eigenvalue weighted by molar-refractivity contribution is 0.0389. The molecule has 9 nitrogen and oxygen atoms in total. The number of hydrogen-bond acceptors (Lipinski definition) is 9. The summed E-state index contributed by atoms with van der Waals surface area (Å²) in [5.74, 6) is -0.376. The number of pyridine rings is 2. The summed E-state index contributed by atoms with van der Waals surface area (Å²) in [5, 5.41) is 3.46. The van der Waals surface area contributed by atoms with E-state index in [0.717, 1.165) is 76.0 Å². The molecule has 0 bridgehead atoms. The number of nitrogens with one attached hydrogen (secondary N) is 1. The molecule has 2 aliphatic heterocycles. The van der Waals surface area contributed by atoms with E-state index in [9.17, 15) is 4.79 Å². The summed E-state index contributed by atoms with van der Waals surface area (Å²) < 4.78 is 5.59. The molecular formula is C31H31N7O2S. The van der Waals surface area contributed by atoms with Crippen LogP contribution in [0.5, 0.6) is 0 Å². The Kier molecular flexibility index (Phi) is 7.03. The summed E-state index contributed by atoms with van der Waals surface area (Å²) in [4.78, 5) is 39.5. The maximum atomic E-state index is 12.7. The smallest absolute Gasteiger partial charge is 0.357 e. The molecule has 0 saturated carbocycles. The lowest BCUT2D eigenvalue weighted by atomic mass is 10.0. The maximum Gasteiger partial charge on any atom is 0.357 e. The third-order valence-electron chi connectivity index (χ3n) is 8.01. The van der Waals surface area contributed by atoms with E-state index in [-0.39, 0.29) is 5.97 Å². The molecule has 41 heavy (non-hydrogen) atoms. The summed E-state index contributed by atoms with van der Waals surface area (Å²) in [7, 11) is 0. The zero-order valence-electron chi connectivity index (χ0n) is 22.9. The van der Waals surface area contributed by atoms with Gasteiger partial charge in [0.2, 0.25) is 0 Å². The Morgan fingerprint density at radius 3 is 2.95 bits per heavy atom. The number of carbonyl (C=O) groups is 1. The number of esters is 1. The highest BCUT2D eigenvalue weighted by molar-refractivity contribution is 7.13. The Labute approximate surface area is 242 Å². The van der Waals surface area contributed by atoms with E-state index in [1.165, 1.54) is 30.7 Å². The average Bonchev–Trinajstić information content (AvgIpc) is 3.77. The molecule has 5 aromatic rings. The van der Waals surface area contributed by atoms with Gasteiger partial charge in [-0.2, -0.15) is 0 Å². The third-order valence-corrected chi connectivity index (χ3v) is 8.90. The summed E-state index contributed by atoms with van der Waals surface area (Å²) in [6, 6.07) is 14.8. The third kappa shape index (κ3) is 5.38. The zero-order chi connectivity index (χ0) is 27.8. The fourth-order valence-corrected chi connectivity index (χ4v) is 6.66. The van der Waals surface area contributed by atoms with Crippen LogP contribution in [0, 0.1) is 6.92 Å². The number of aryl methyl sites for hydroxylation is 1. The van der Waals surface area contributed by atoms with Crippen LogP contribution in [0.25, 0.3) is 44.1 Å². The number of rotatable bonds is 7. The number of benzene rings is 1. The van der Waals surface area contributed by atoms with Gasteiger partial charge in [0.15, 0.2) is 5.69 Å². The van der Waals surface area contributed by atoms with Gasteiger partial charge in [-0.3, -0.25) is 19.8 Å². The summed E-state index contributed by atoms with van der Waals surface area (Å²) in [6.45, 7) is 7.57. The monoisotopic (exact) mass is 565 g/mol. The lowest BCUT2D eigenvalue weighted by Gasteiger charge is -2.37. The summed E-state index contributed by atoms with van der Waals surface area (Å²) >= 11 is 1.42. The molecule has 0 spiro atoms. The van der Waals surface area contributed by atoms with Gasteiger partial charge >= 0.3 is 5.97 Å². The van der Waals surface area contributed by atoms with Crippen LogP contribution < -0.4 is 0 Å². The minimum atomic E-state index is -0.376. The average molecular weight is 566 g/mol. The topological polar surface area (TPSA) is 100 Å². The van der Waals surface area contributed by atoms with Gasteiger partial charge in [-0.1, -0.05) is 12.1 Å². The highest BCUT2D eigenvalue weighted by Crippen LogP contribution is 2.32. The number of thiazole rings is 1. The van der Waals surface area contributed by atoms with Crippen molar-refractivity contribution in [3.05, 3.63) is 71.8 Å². The first-order chi connectivity index (χ1) is 20.1. The molecule has 0 aliphatic carbocycles. The van der Waals surface area contributed by atoms with Crippen LogP contribution in [0.2, 0.25) is 0 Å². The summed E-state index contributed by atoms with van der Waals surface area (Å²) in [5.41, 5.74) is 6.54. The number of nitrogens with zero attached hydrogens (tertiary/aromatic N) is 6. The van der Waals surface area contributed by atoms with Crippen molar-refractivity contribution in [1.29, 1.82) is 0 Å². The van der Waals surface area contributed by atoms with Crippen molar-refractivity contribution in [3.63, 3.8) is 0 Å². The molecule has 2 saturated heterocycles. The number of carbonyl (C=O) groups excluding carboxylic acids is 1. The van der Waals surface area contributed by atoms with E-state index in [0.29, 0.717) is 18.3 Å². The first-order valence-electron chi connectivity index (χ1n) is 14.1. The largest absolute Gasteiger partial charge is 0.460 e. The van der Waals surface area contributed by atoms with Crippen LogP contribution in [-0.2, 0) is 4.74 Å². The van der Waals surface area contributed by atoms with Crippen molar-refractivity contribution < 1.29 is 9.53 Å². The molecule has 0 amide bonds. The van der Waals surface area contributed by atoms with Crippen LogP contribution in [0.1, 0.15) is 29.0 Å². The molecule has 6 heterocycles. The Hall–Kier alpha value is -3.99. The van der Waals surface area contributed by atoms with Crippen molar-refractivity contribution in [2.45, 2.75) is 25.8 Å². The molecule has 4 aromatic heterocycles. The van der Waals surface area contributed by atoms with Crippen molar-refractivity contribution in [3.8, 4) is 33.2 Å². The number of aromatic amines is 1. The first-order valence-corrected chi connectivity index (χ1v) is 15.0. The fourth-order valence-electron chi connectivity index (χ4n) is 5.89. The van der Waals surface area contributed by atoms with Gasteiger partial charge in [-0.25, -0.2) is 14.8 Å². The second-order valence-electron chi connectivity index (χ2n) is 10.7. The second kappa shape index (κ2) is 11.1. The van der Waals surface area contributed by atoms with Crippen molar-refractivity contribution >= 4 is 28.2 Å². The van der Waals surface area contributed by atoms with Gasteiger partial charge in [-0.15, -0.1) is 11.3 Å². The maximum absolute atomic E-state index is 12.7. The Morgan fingerprint density at radius 1 is 1.10 bits per heavy atom. The SMILES string of the molecule is Cc1cccc(-c2[nH]cnc2-c2ccc3ncc(-c4nc(C(=O)OCCN5CCN6CCCC6C5)cs4)cc3c2)n1. The number of piperazine rings is 1. The Morgan fingerprint density at radius 2 is 2.02 bits per heavy atom. The van der Waals surface area contributed by atoms with E-state index in [4.69, 9.17) is 4.74 Å². The van der Waals surface area contributed by atoms with Crippen LogP contribution >= 0.6 is 11.3 Å². The molecule has 7 rings (SSSR count). The van der Waals surface area contributed by atoms with E-state index in [1.54, 1.807) is 17.9 Å². The highest BCUT2D eigenvalue weighted by Gasteiger charge is 2.30. The number of hydrogen-bond donors (Lipinski definition) is 1. The predicted molar refractivity (Wildman–Crippen MR) is 160 cm³/mol. The molecule has 1 unspecified atom stereocenters. The van der Waals surface area contributed by atoms with Crippen molar-refractivity contribution in [2.75, 3.05) is 39.3 Å². The molecular weight excluding hydrogens is 534 g/mol. The van der Waals surface area contributed by atoms with Gasteiger partial charge in [0.1, 0.15) is 11.6 Å². The number of H-pyrrole nitrogens is 1. The van der Waals surface area contributed by atoms with Gasteiger partial charge < -0.3 is 9.72 Å². The van der Waals surface area contributed by atoms with E-state index in [1.807, 2.05) is 37.3 Å². The van der Waals surface area contributed by atoms with Crippen LogP contribution in [0.4, 0.5) is 0 Å². The van der Waals surface area contributed by atoms with Crippen LogP contribution in [-0.4, -0.2) is 86.1 Å². The number of ether oxygens (including phenoxy) is 1. The molecule has 2 fully saturated rings. The first kappa shape index (κ1) is 25.9. The van der Waals surface area contributed by atoms with E-state index >= 15 is 0 Å². The Balaban J connectivity index is 1.05. The standard InChI is InChI=1S/C31H31N7O2S/c1-20-4-2-6-26(35-20)29-28(33-19-34-29)21-7-8-25-22(14-21)15-23(16-32-25)30-36-27(18-41-30)31(39)40-13-12-37-10-11-38-9-3-5-24(38)17-37/h2,4,6-8,14-16,18-19,24H,3,5,9-13,17H2,1H3,(H,33,34). The normalized spacial score (nSPS) is 17.6. The molecule has 10 heteroatoms. The molecule has 2 aliphatic rings. The summed E-state index contributed by atoms with van der Waals surface area (Å²) in [6.07, 6.45) is 6.07. The van der Waals surface area contributed by atoms with E-state index < -0.39 is 0 Å². The minimum absolute atomic E-state index is 0.339. The zero-order valence-corrected chi connectivity index (χ0v) is 23.7. The minimum Gasteiger partial charge on any atom is -0.460 e. The lowest BCUT2D eigenvalue weighted by Crippen LogP contribution is -2.50.